The highest BCUT2D eigenvalue weighted by Crippen LogP contribution is 2.32. The van der Waals surface area contributed by atoms with Gasteiger partial charge in [-0.3, -0.25) is 34.1 Å². The monoisotopic (exact) mass is 481 g/mol. The number of carbonyl (C=O) groups excluding carboxylic acids is 4. The SMILES string of the molecule is O=C1CCC(N2C(=O)c3ccc(NS(=O)(=O)c4cccc(Cl)c4Cl)cc3C2=O)C(=O)N1. The first-order chi connectivity index (χ1) is 14.6. The minimum Gasteiger partial charge on any atom is -0.295 e. The molecule has 9 nitrogen and oxygen atoms in total. The molecule has 2 aliphatic rings. The van der Waals surface area contributed by atoms with E-state index in [0.29, 0.717) is 0 Å². The van der Waals surface area contributed by atoms with E-state index in [9.17, 15) is 27.6 Å². The Morgan fingerprint density at radius 2 is 1.71 bits per heavy atom. The van der Waals surface area contributed by atoms with E-state index in [1.165, 1.54) is 36.4 Å². The smallest absolute Gasteiger partial charge is 0.263 e. The van der Waals surface area contributed by atoms with Gasteiger partial charge in [0.2, 0.25) is 11.8 Å². The summed E-state index contributed by atoms with van der Waals surface area (Å²) in [6.45, 7) is 0. The molecular formula is C19H13Cl2N3O6S. The molecule has 2 aromatic rings. The Bertz CT molecular complexity index is 1280. The van der Waals surface area contributed by atoms with Gasteiger partial charge in [0.25, 0.3) is 21.8 Å². The van der Waals surface area contributed by atoms with Crippen LogP contribution in [0.4, 0.5) is 5.69 Å². The highest BCUT2D eigenvalue weighted by atomic mass is 35.5. The molecule has 160 valence electrons. The van der Waals surface area contributed by atoms with Gasteiger partial charge in [-0.25, -0.2) is 8.42 Å². The van der Waals surface area contributed by atoms with Crippen molar-refractivity contribution in [2.24, 2.45) is 0 Å². The van der Waals surface area contributed by atoms with E-state index in [1.807, 2.05) is 0 Å². The molecule has 0 bridgehead atoms. The Morgan fingerprint density at radius 1 is 1.00 bits per heavy atom. The summed E-state index contributed by atoms with van der Waals surface area (Å²) < 4.78 is 27.7. The first-order valence-corrected chi connectivity index (χ1v) is 11.2. The maximum Gasteiger partial charge on any atom is 0.263 e. The number of rotatable bonds is 4. The minimum atomic E-state index is -4.14. The maximum atomic E-state index is 12.8. The van der Waals surface area contributed by atoms with Crippen LogP contribution in [0.15, 0.2) is 41.3 Å². The van der Waals surface area contributed by atoms with Gasteiger partial charge >= 0.3 is 0 Å². The van der Waals surface area contributed by atoms with Crippen molar-refractivity contribution in [3.05, 3.63) is 57.6 Å². The first-order valence-electron chi connectivity index (χ1n) is 8.92. The molecule has 12 heteroatoms. The number of piperidine rings is 1. The second kappa shape index (κ2) is 7.63. The van der Waals surface area contributed by atoms with Crippen molar-refractivity contribution in [3.63, 3.8) is 0 Å². The number of amides is 4. The number of fused-ring (bicyclic) bond motifs is 1. The first kappa shape index (κ1) is 21.3. The molecule has 0 saturated carbocycles. The zero-order valence-electron chi connectivity index (χ0n) is 15.5. The summed E-state index contributed by atoms with van der Waals surface area (Å²) in [5.41, 5.74) is -0.0217. The number of halogens is 2. The topological polar surface area (TPSA) is 130 Å². The van der Waals surface area contributed by atoms with Gasteiger partial charge in [-0.2, -0.15) is 0 Å². The lowest BCUT2D eigenvalue weighted by Gasteiger charge is -2.27. The number of nitrogens with zero attached hydrogens (tertiary/aromatic N) is 1. The Kier molecular flexibility index (Phi) is 5.24. The molecule has 4 amide bonds. The van der Waals surface area contributed by atoms with Crippen LogP contribution in [0.3, 0.4) is 0 Å². The predicted molar refractivity (Wildman–Crippen MR) is 110 cm³/mol. The molecule has 2 aliphatic heterocycles. The van der Waals surface area contributed by atoms with Crippen LogP contribution in [0, 0.1) is 0 Å². The summed E-state index contributed by atoms with van der Waals surface area (Å²) in [5.74, 6) is -2.66. The van der Waals surface area contributed by atoms with Gasteiger partial charge < -0.3 is 0 Å². The van der Waals surface area contributed by atoms with Crippen molar-refractivity contribution in [1.29, 1.82) is 0 Å². The van der Waals surface area contributed by atoms with Crippen LogP contribution in [0.5, 0.6) is 0 Å². The predicted octanol–water partition coefficient (Wildman–Crippen LogP) is 2.20. The van der Waals surface area contributed by atoms with Crippen LogP contribution in [0.25, 0.3) is 0 Å². The van der Waals surface area contributed by atoms with Gasteiger partial charge in [-0.05, 0) is 36.8 Å². The molecule has 1 fully saturated rings. The maximum absolute atomic E-state index is 12.8. The molecule has 0 spiro atoms. The molecule has 1 atom stereocenters. The average Bonchev–Trinajstić information content (AvgIpc) is 2.94. The average molecular weight is 482 g/mol. The van der Waals surface area contributed by atoms with Gasteiger partial charge in [0.1, 0.15) is 10.9 Å². The summed E-state index contributed by atoms with van der Waals surface area (Å²) >= 11 is 11.9. The number of hydrogen-bond acceptors (Lipinski definition) is 6. The van der Waals surface area contributed by atoms with E-state index in [-0.39, 0.29) is 44.6 Å². The zero-order chi connectivity index (χ0) is 22.5. The number of carbonyl (C=O) groups is 4. The third-order valence-corrected chi connectivity index (χ3v) is 7.25. The fourth-order valence-corrected chi connectivity index (χ4v) is 5.25. The Morgan fingerprint density at radius 3 is 2.42 bits per heavy atom. The third-order valence-electron chi connectivity index (χ3n) is 4.90. The lowest BCUT2D eigenvalue weighted by molar-refractivity contribution is -0.136. The van der Waals surface area contributed by atoms with Crippen LogP contribution < -0.4 is 10.0 Å². The van der Waals surface area contributed by atoms with Gasteiger partial charge in [-0.15, -0.1) is 0 Å². The summed E-state index contributed by atoms with van der Waals surface area (Å²) in [5, 5.41) is 2.00. The van der Waals surface area contributed by atoms with Gasteiger partial charge in [0.15, 0.2) is 0 Å². The molecule has 2 aromatic carbocycles. The molecule has 31 heavy (non-hydrogen) atoms. The second-order valence-corrected chi connectivity index (χ2v) is 9.30. The van der Waals surface area contributed by atoms with Crippen molar-refractivity contribution in [2.75, 3.05) is 4.72 Å². The molecule has 0 aliphatic carbocycles. The molecular weight excluding hydrogens is 469 g/mol. The second-order valence-electron chi connectivity index (χ2n) is 6.87. The highest BCUT2D eigenvalue weighted by molar-refractivity contribution is 7.92. The number of sulfonamides is 1. The number of anilines is 1. The largest absolute Gasteiger partial charge is 0.295 e. The van der Waals surface area contributed by atoms with Crippen LogP contribution >= 0.6 is 23.2 Å². The third kappa shape index (κ3) is 3.67. The van der Waals surface area contributed by atoms with Crippen LogP contribution in [0.2, 0.25) is 10.0 Å². The molecule has 2 N–H and O–H groups in total. The number of hydrogen-bond donors (Lipinski definition) is 2. The van der Waals surface area contributed by atoms with Crippen LogP contribution in [0.1, 0.15) is 33.6 Å². The highest BCUT2D eigenvalue weighted by Gasteiger charge is 2.44. The van der Waals surface area contributed by atoms with Crippen LogP contribution in [-0.4, -0.2) is 43.0 Å². The van der Waals surface area contributed by atoms with E-state index in [0.717, 1.165) is 4.90 Å². The summed E-state index contributed by atoms with van der Waals surface area (Å²) in [7, 11) is -4.14. The number of imide groups is 2. The fraction of sp³-hybridized carbons (Fsp3) is 0.158. The Hall–Kier alpha value is -2.95. The van der Waals surface area contributed by atoms with E-state index >= 15 is 0 Å². The van der Waals surface area contributed by atoms with E-state index in [1.54, 1.807) is 0 Å². The normalized spacial score (nSPS) is 18.8. The molecule has 1 unspecified atom stereocenters. The van der Waals surface area contributed by atoms with Gasteiger partial charge in [0, 0.05) is 12.1 Å². The van der Waals surface area contributed by atoms with E-state index in [4.69, 9.17) is 23.2 Å². The van der Waals surface area contributed by atoms with E-state index < -0.39 is 39.7 Å². The summed E-state index contributed by atoms with van der Waals surface area (Å²) in [6, 6.07) is 6.82. The van der Waals surface area contributed by atoms with Crippen molar-refractivity contribution in [1.82, 2.24) is 10.2 Å². The lowest BCUT2D eigenvalue weighted by Crippen LogP contribution is -2.54. The van der Waals surface area contributed by atoms with Gasteiger partial charge in [0.05, 0.1) is 21.2 Å². The molecule has 0 radical (unpaired) electrons. The van der Waals surface area contributed by atoms with Crippen molar-refractivity contribution >= 4 is 62.5 Å². The van der Waals surface area contributed by atoms with E-state index in [2.05, 4.69) is 10.0 Å². The van der Waals surface area contributed by atoms with Crippen molar-refractivity contribution in [3.8, 4) is 0 Å². The van der Waals surface area contributed by atoms with Crippen LogP contribution in [-0.2, 0) is 19.6 Å². The number of benzene rings is 2. The lowest BCUT2D eigenvalue weighted by atomic mass is 10.0. The molecule has 4 rings (SSSR count). The molecule has 1 saturated heterocycles. The molecule has 0 aromatic heterocycles. The minimum absolute atomic E-state index is 0.00471. The van der Waals surface area contributed by atoms with Crippen molar-refractivity contribution in [2.45, 2.75) is 23.8 Å². The summed E-state index contributed by atoms with van der Waals surface area (Å²) in [6.07, 6.45) is 0.0120. The standard InChI is InChI=1S/C19H13Cl2N3O6S/c20-12-2-1-3-14(16(12)21)31(29,30)23-9-4-5-10-11(8-9)19(28)24(18(10)27)13-6-7-15(25)22-17(13)26/h1-5,8,13,23H,6-7H2,(H,22,25,26). The Labute approximate surface area is 186 Å². The number of nitrogens with one attached hydrogen (secondary N) is 2. The zero-order valence-corrected chi connectivity index (χ0v) is 17.8. The molecule has 2 heterocycles. The van der Waals surface area contributed by atoms with Gasteiger partial charge in [-0.1, -0.05) is 29.3 Å². The van der Waals surface area contributed by atoms with Crippen molar-refractivity contribution < 1.29 is 27.6 Å². The quantitative estimate of drug-likeness (QED) is 0.643. The summed E-state index contributed by atoms with van der Waals surface area (Å²) in [4.78, 5) is 49.5. The fourth-order valence-electron chi connectivity index (χ4n) is 3.44. The Balaban J connectivity index is 1.64.